The van der Waals surface area contributed by atoms with Gasteiger partial charge in [0.15, 0.2) is 11.6 Å². The molecule has 0 bridgehead atoms. The largest absolute Gasteiger partial charge is 0.466 e. The van der Waals surface area contributed by atoms with Crippen molar-refractivity contribution in [2.24, 2.45) is 5.92 Å². The maximum Gasteiger partial charge on any atom is 0.325 e. The van der Waals surface area contributed by atoms with Crippen LogP contribution >= 0.6 is 0 Å². The van der Waals surface area contributed by atoms with E-state index < -0.39 is 17.7 Å². The summed E-state index contributed by atoms with van der Waals surface area (Å²) in [5, 5.41) is 0. The normalized spacial score (nSPS) is 19.9. The molecule has 0 aromatic heterocycles. The Morgan fingerprint density at radius 2 is 1.96 bits per heavy atom. The van der Waals surface area contributed by atoms with Crippen molar-refractivity contribution in [1.29, 1.82) is 0 Å². The van der Waals surface area contributed by atoms with Crippen LogP contribution < -0.4 is 4.90 Å². The number of benzene rings is 1. The number of likely N-dealkylation sites (tertiary alicyclic amines) is 1. The summed E-state index contributed by atoms with van der Waals surface area (Å²) in [5.74, 6) is -2.90. The van der Waals surface area contributed by atoms with Gasteiger partial charge in [-0.3, -0.25) is 14.5 Å². The van der Waals surface area contributed by atoms with E-state index in [1.165, 1.54) is 15.9 Å². The third kappa shape index (κ3) is 4.23. The molecule has 2 aliphatic rings. The highest BCUT2D eigenvalue weighted by atomic mass is 19.2. The molecule has 2 heterocycles. The molecule has 2 fully saturated rings. The summed E-state index contributed by atoms with van der Waals surface area (Å²) in [7, 11) is 0. The predicted octanol–water partition coefficient (Wildman–Crippen LogP) is 2.01. The molecule has 0 unspecified atom stereocenters. The van der Waals surface area contributed by atoms with Crippen LogP contribution in [0.4, 0.5) is 19.3 Å². The van der Waals surface area contributed by atoms with E-state index in [2.05, 4.69) is 0 Å². The van der Waals surface area contributed by atoms with E-state index in [0.717, 1.165) is 12.1 Å². The molecule has 7 nitrogen and oxygen atoms in total. The van der Waals surface area contributed by atoms with Crippen LogP contribution in [0.5, 0.6) is 0 Å². The molecule has 0 saturated carbocycles. The van der Waals surface area contributed by atoms with E-state index in [1.54, 1.807) is 11.8 Å². The van der Waals surface area contributed by atoms with Crippen LogP contribution in [0.25, 0.3) is 0 Å². The van der Waals surface area contributed by atoms with Gasteiger partial charge in [0, 0.05) is 37.9 Å². The van der Waals surface area contributed by atoms with Crippen LogP contribution in [0, 0.1) is 17.6 Å². The zero-order chi connectivity index (χ0) is 20.3. The summed E-state index contributed by atoms with van der Waals surface area (Å²) in [6, 6.07) is 2.83. The fraction of sp³-hybridized carbons (Fsp3) is 0.526. The first-order valence-electron chi connectivity index (χ1n) is 9.36. The number of nitrogens with zero attached hydrogens (tertiary/aromatic N) is 3. The second-order valence-electron chi connectivity index (χ2n) is 6.89. The van der Waals surface area contributed by atoms with Gasteiger partial charge in [0.25, 0.3) is 0 Å². The lowest BCUT2D eigenvalue weighted by Crippen LogP contribution is -2.47. The monoisotopic (exact) mass is 395 g/mol. The highest BCUT2D eigenvalue weighted by Crippen LogP contribution is 2.23. The van der Waals surface area contributed by atoms with Gasteiger partial charge in [-0.2, -0.15) is 0 Å². The Kier molecular flexibility index (Phi) is 6.11. The Balaban J connectivity index is 1.59. The zero-order valence-electron chi connectivity index (χ0n) is 15.7. The first-order valence-corrected chi connectivity index (χ1v) is 9.36. The number of esters is 1. The Morgan fingerprint density at radius 3 is 2.68 bits per heavy atom. The summed E-state index contributed by atoms with van der Waals surface area (Å²) < 4.78 is 31.6. The topological polar surface area (TPSA) is 70.2 Å². The second-order valence-corrected chi connectivity index (χ2v) is 6.89. The van der Waals surface area contributed by atoms with E-state index in [1.807, 2.05) is 0 Å². The quantitative estimate of drug-likeness (QED) is 0.716. The van der Waals surface area contributed by atoms with Crippen LogP contribution in [0.3, 0.4) is 0 Å². The Bertz CT molecular complexity index is 774. The third-order valence-electron chi connectivity index (χ3n) is 5.03. The first-order chi connectivity index (χ1) is 13.4. The molecule has 1 aromatic rings. The molecule has 1 aromatic carbocycles. The second kappa shape index (κ2) is 8.53. The number of carbonyl (C=O) groups excluding carboxylic acids is 3. The number of ether oxygens (including phenoxy) is 1. The molecule has 0 radical (unpaired) electrons. The minimum Gasteiger partial charge on any atom is -0.466 e. The van der Waals surface area contributed by atoms with Gasteiger partial charge in [-0.15, -0.1) is 0 Å². The van der Waals surface area contributed by atoms with Gasteiger partial charge >= 0.3 is 12.0 Å². The van der Waals surface area contributed by atoms with Crippen LogP contribution in [0.1, 0.15) is 19.8 Å². The number of carbonyl (C=O) groups is 3. The number of urea groups is 1. The first kappa shape index (κ1) is 20.0. The molecule has 2 saturated heterocycles. The summed E-state index contributed by atoms with van der Waals surface area (Å²) >= 11 is 0. The Labute approximate surface area is 161 Å². The summed E-state index contributed by atoms with van der Waals surface area (Å²) in [6.07, 6.45) is 1.37. The maximum atomic E-state index is 13.4. The lowest BCUT2D eigenvalue weighted by Gasteiger charge is -2.32. The number of piperidine rings is 1. The van der Waals surface area contributed by atoms with E-state index in [-0.39, 0.29) is 43.1 Å². The number of hydrogen-bond acceptors (Lipinski definition) is 4. The lowest BCUT2D eigenvalue weighted by atomic mass is 9.98. The van der Waals surface area contributed by atoms with Crippen LogP contribution in [-0.4, -0.2) is 67.0 Å². The molecule has 3 amide bonds. The standard InChI is InChI=1S/C19H23F2N3O4/c1-2-28-18(26)13-4-3-7-22(11-13)17(25)12-23-8-9-24(19(23)27)14-5-6-15(20)16(21)10-14/h5-6,10,13H,2-4,7-9,11-12H2,1H3/t13-/m1/s1. The minimum atomic E-state index is -1.03. The average molecular weight is 395 g/mol. The molecule has 152 valence electrons. The van der Waals surface area contributed by atoms with Crippen LogP contribution in [0.2, 0.25) is 0 Å². The number of halogens is 2. The molecule has 3 rings (SSSR count). The van der Waals surface area contributed by atoms with Crippen LogP contribution in [0.15, 0.2) is 18.2 Å². The maximum absolute atomic E-state index is 13.4. The molecule has 0 aliphatic carbocycles. The third-order valence-corrected chi connectivity index (χ3v) is 5.03. The van der Waals surface area contributed by atoms with Crippen molar-refractivity contribution in [3.8, 4) is 0 Å². The van der Waals surface area contributed by atoms with Crippen LogP contribution in [-0.2, 0) is 14.3 Å². The number of hydrogen-bond donors (Lipinski definition) is 0. The van der Waals surface area contributed by atoms with Gasteiger partial charge < -0.3 is 14.5 Å². The lowest BCUT2D eigenvalue weighted by molar-refractivity contribution is -0.151. The van der Waals surface area contributed by atoms with Crippen molar-refractivity contribution >= 4 is 23.6 Å². The van der Waals surface area contributed by atoms with Crippen molar-refractivity contribution in [3.63, 3.8) is 0 Å². The van der Waals surface area contributed by atoms with E-state index >= 15 is 0 Å². The van der Waals surface area contributed by atoms with Crippen molar-refractivity contribution < 1.29 is 27.9 Å². The molecular formula is C19H23F2N3O4. The van der Waals surface area contributed by atoms with Crippen molar-refractivity contribution in [2.45, 2.75) is 19.8 Å². The summed E-state index contributed by atoms with van der Waals surface area (Å²) in [4.78, 5) is 41.4. The van der Waals surface area contributed by atoms with E-state index in [4.69, 9.17) is 4.74 Å². The van der Waals surface area contributed by atoms with Crippen molar-refractivity contribution in [2.75, 3.05) is 44.2 Å². The van der Waals surface area contributed by atoms with Gasteiger partial charge in [0.1, 0.15) is 6.54 Å². The van der Waals surface area contributed by atoms with Gasteiger partial charge in [0.05, 0.1) is 12.5 Å². The molecule has 1 atom stereocenters. The molecule has 9 heteroatoms. The Morgan fingerprint density at radius 1 is 1.18 bits per heavy atom. The number of amides is 3. The molecular weight excluding hydrogens is 372 g/mol. The van der Waals surface area contributed by atoms with Gasteiger partial charge in [-0.05, 0) is 31.9 Å². The molecule has 28 heavy (non-hydrogen) atoms. The number of anilines is 1. The summed E-state index contributed by atoms with van der Waals surface area (Å²) in [6.45, 7) is 3.32. The predicted molar refractivity (Wildman–Crippen MR) is 96.6 cm³/mol. The zero-order valence-corrected chi connectivity index (χ0v) is 15.7. The highest BCUT2D eigenvalue weighted by molar-refractivity contribution is 5.96. The average Bonchev–Trinajstić information content (AvgIpc) is 3.04. The molecule has 0 spiro atoms. The van der Waals surface area contributed by atoms with E-state index in [0.29, 0.717) is 32.5 Å². The number of rotatable bonds is 5. The fourth-order valence-electron chi connectivity index (χ4n) is 3.54. The van der Waals surface area contributed by atoms with Crippen molar-refractivity contribution in [3.05, 3.63) is 29.8 Å². The van der Waals surface area contributed by atoms with Gasteiger partial charge in [-0.25, -0.2) is 13.6 Å². The van der Waals surface area contributed by atoms with Gasteiger partial charge in [-0.1, -0.05) is 0 Å². The van der Waals surface area contributed by atoms with E-state index in [9.17, 15) is 23.2 Å². The molecule has 0 N–H and O–H groups in total. The Hall–Kier alpha value is -2.71. The highest BCUT2D eigenvalue weighted by Gasteiger charge is 2.34. The van der Waals surface area contributed by atoms with Crippen molar-refractivity contribution in [1.82, 2.24) is 9.80 Å². The minimum absolute atomic E-state index is 0.117. The smallest absolute Gasteiger partial charge is 0.325 e. The SMILES string of the molecule is CCOC(=O)[C@@H]1CCCN(C(=O)CN2CCN(c3ccc(F)c(F)c3)C2=O)C1. The summed E-state index contributed by atoms with van der Waals surface area (Å²) in [5.41, 5.74) is 0.249. The fourth-order valence-corrected chi connectivity index (χ4v) is 3.54. The molecule has 2 aliphatic heterocycles. The van der Waals surface area contributed by atoms with Gasteiger partial charge in [0.2, 0.25) is 5.91 Å².